The van der Waals surface area contributed by atoms with Crippen molar-refractivity contribution in [2.75, 3.05) is 0 Å². The highest BCUT2D eigenvalue weighted by molar-refractivity contribution is 2.22. The van der Waals surface area contributed by atoms with Crippen LogP contribution in [0, 0.1) is 0 Å². The molecule has 96 heteroatoms. The molecule has 768 valence electrons. The van der Waals surface area contributed by atoms with Crippen LogP contribution >= 0.6 is 0 Å². The quantitative estimate of drug-likeness (QED) is 0.107. The van der Waals surface area contributed by atoms with Crippen LogP contribution in [0.1, 0.15) is 0 Å². The van der Waals surface area contributed by atoms with E-state index in [1.54, 1.807) is 0 Å². The summed E-state index contributed by atoms with van der Waals surface area (Å²) in [4.78, 5) is 0. The number of hydrogen-bond acceptors (Lipinski definition) is 91. The van der Waals surface area contributed by atoms with Gasteiger partial charge >= 0.3 is 0 Å². The molecule has 0 heterocycles. The Morgan fingerprint density at radius 3 is 0.0208 bits per heavy atom. The number of rotatable bonds is 0. The van der Waals surface area contributed by atoms with Crippen LogP contribution in [0.25, 0.3) is 0 Å². The van der Waals surface area contributed by atoms with Crippen LogP contribution < -0.4 is 560 Å². The van der Waals surface area contributed by atoms with Crippen molar-refractivity contribution >= 4 is 0 Å². The van der Waals surface area contributed by atoms with Crippen LogP contribution in [-0.2, 0) is 0 Å². The molecular weight excluding hydrogens is 1350 g/mol. The Bertz CT molecular complexity index is 28.3. The predicted octanol–water partition coefficient (Wildman–Crippen LogP) is 10.6. The molecule has 0 fully saturated rings. The fraction of sp³-hybridized carbons (Fsp3) is 0. The van der Waals surface area contributed by atoms with E-state index >= 15 is 0 Å². The largest absolute Gasteiger partial charge is 0.412 e. The van der Waals surface area contributed by atoms with E-state index in [0.717, 1.165) is 0 Å². The third kappa shape index (κ3) is 48600. The van der Waals surface area contributed by atoms with E-state index < -0.39 is 0 Å². The van der Waals surface area contributed by atoms with Crippen molar-refractivity contribution in [3.05, 3.63) is 0 Å². The molecule has 0 rings (SSSR count). The van der Waals surface area contributed by atoms with Gasteiger partial charge in [-0.05, 0) is 0 Å². The Balaban J connectivity index is 0. The zero-order valence-corrected chi connectivity index (χ0v) is 66.8. The molecule has 96 nitrogen and oxygen atoms in total. The summed E-state index contributed by atoms with van der Waals surface area (Å²) in [7, 11) is 0. The van der Waals surface area contributed by atoms with E-state index in [9.17, 15) is 0 Å². The molecule has 0 bridgehead atoms. The van der Waals surface area contributed by atoms with Crippen LogP contribution in [0.4, 0.5) is 0 Å². The summed E-state index contributed by atoms with van der Waals surface area (Å²) in [5, 5.41) is 0. The Morgan fingerprint density at radius 1 is 0.0208 bits per heavy atom. The maximum atomic E-state index is 0. The van der Waals surface area contributed by atoms with E-state index in [-0.39, 0.29) is 587 Å². The van der Waals surface area contributed by atoms with Gasteiger partial charge in [0, 0.05) is 0 Å². The summed E-state index contributed by atoms with van der Waals surface area (Å²) < 4.78 is 0. The molecular formula is H283N91O5. The van der Waals surface area contributed by atoms with Crippen molar-refractivity contribution in [2.45, 2.75) is 0 Å². The Morgan fingerprint density at radius 2 is 0.0208 bits per heavy atom. The molecule has 0 aliphatic carbocycles. The molecule has 0 aromatic rings. The van der Waals surface area contributed by atoms with Crippen molar-refractivity contribution < 1.29 is 27.4 Å². The Labute approximate surface area is 587 Å². The highest BCUT2D eigenvalue weighted by Crippen LogP contribution is -0.281. The molecule has 96 heavy (non-hydrogen) atoms. The summed E-state index contributed by atoms with van der Waals surface area (Å²) in [6.07, 6.45) is 0. The van der Waals surface area contributed by atoms with Crippen LogP contribution in [0.2, 0.25) is 0 Å². The smallest absolute Gasteiger partial charge is 0.344 e. The Hall–Kier alpha value is -3.84. The molecule has 0 aliphatic rings. The lowest BCUT2D eigenvalue weighted by molar-refractivity contribution is 0.823. The zero-order chi connectivity index (χ0) is 0. The van der Waals surface area contributed by atoms with Gasteiger partial charge in [0.2, 0.25) is 0 Å². The summed E-state index contributed by atoms with van der Waals surface area (Å²) >= 11 is 0. The van der Waals surface area contributed by atoms with Crippen LogP contribution in [-0.4, -0.2) is 27.4 Å². The second-order valence-electron chi connectivity index (χ2n) is 0. The zero-order valence-electron chi connectivity index (χ0n) is 66.8. The Kier molecular flexibility index (Phi) is 27200000. The molecule has 0 saturated heterocycles. The molecule has 0 aliphatic heterocycles. The monoisotopic (exact) mass is 1640 g/mol. The average molecular weight is 1640 g/mol. The van der Waals surface area contributed by atoms with Crippen molar-refractivity contribution in [2.24, 2.45) is 0 Å². The first-order valence-corrected chi connectivity index (χ1v) is 0. The number of hydrogen-bond donors (Lipinski definition) is 91. The maximum Gasteiger partial charge on any atom is -0.344 e. The van der Waals surface area contributed by atoms with Crippen molar-refractivity contribution in [3.63, 3.8) is 0 Å². The molecule has 0 atom stereocenters. The fourth-order valence-corrected chi connectivity index (χ4v) is 0. The summed E-state index contributed by atoms with van der Waals surface area (Å²) in [6, 6.07) is 0. The third-order valence-corrected chi connectivity index (χ3v) is 0. The van der Waals surface area contributed by atoms with E-state index in [1.807, 2.05) is 0 Å². The topological polar surface area (TPSA) is 3340 Å². The second kappa shape index (κ2) is 50300. The van der Waals surface area contributed by atoms with Gasteiger partial charge in [0.25, 0.3) is 0 Å². The van der Waals surface area contributed by atoms with E-state index in [0.29, 0.717) is 0 Å². The van der Waals surface area contributed by atoms with Crippen molar-refractivity contribution in [3.8, 4) is 0 Å². The molecule has 0 amide bonds. The van der Waals surface area contributed by atoms with Crippen molar-refractivity contribution in [1.82, 2.24) is 560 Å². The second-order valence-corrected chi connectivity index (χ2v) is 0. The maximum absolute atomic E-state index is 0. The minimum absolute atomic E-state index is 0. The highest BCUT2D eigenvalue weighted by Gasteiger charge is -0.251. The average Bonchev–Trinajstić information content (AvgIpc) is 0. The molecule has 0 spiro atoms. The fourth-order valence-electron chi connectivity index (χ4n) is 0. The molecule has 0 unspecified atom stereocenters. The van der Waals surface area contributed by atoms with Gasteiger partial charge in [0.05, 0.1) is 0 Å². The van der Waals surface area contributed by atoms with Crippen molar-refractivity contribution in [1.29, 1.82) is 0 Å². The molecule has 0 aromatic heterocycles. The van der Waals surface area contributed by atoms with Crippen LogP contribution in [0.5, 0.6) is 0 Å². The first-order valence-electron chi connectivity index (χ1n) is 0. The lowest BCUT2D eigenvalue weighted by atomic mass is 14.0. The third-order valence-electron chi connectivity index (χ3n) is 0. The SMILES string of the molecule is N.N.N.N.N.N.N.N.N.N.N.N.N.N.N.N.N.N.N.N.N.N.N.N.N.N.N.N.N.N.N.N.N.N.N.N.N.N.N.N.N.N.N.N.N.N.N.N.N.N.N.N.N.N.N.N.N.N.N.N.N.N.N.N.N.N.N.N.N.N.N.N.N.N.N.N.N.N.N.N.N.N.N.N.N.N.N.N.N.N.N.O.O.O.O.O. The lowest BCUT2D eigenvalue weighted by Crippen LogP contribution is -0.482. The van der Waals surface area contributed by atoms with E-state index in [4.69, 9.17) is 0 Å². The van der Waals surface area contributed by atoms with Gasteiger partial charge < -0.3 is 587 Å². The first-order chi connectivity index (χ1) is 0. The van der Waals surface area contributed by atoms with Gasteiger partial charge in [0.1, 0.15) is 0 Å². The van der Waals surface area contributed by atoms with Gasteiger partial charge in [-0.25, -0.2) is 0 Å². The highest BCUT2D eigenvalue weighted by atomic mass is 16.0. The first kappa shape index (κ1) is 51900. The van der Waals surface area contributed by atoms with Crippen LogP contribution in [0.3, 0.4) is 0 Å². The summed E-state index contributed by atoms with van der Waals surface area (Å²) in [6.45, 7) is 0. The summed E-state index contributed by atoms with van der Waals surface area (Å²) in [5.41, 5.74) is 0. The van der Waals surface area contributed by atoms with Gasteiger partial charge in [-0.15, -0.1) is 0 Å². The summed E-state index contributed by atoms with van der Waals surface area (Å²) in [5.74, 6) is 0. The van der Waals surface area contributed by atoms with Gasteiger partial charge in [-0.1, -0.05) is 0 Å². The molecule has 0 aromatic carbocycles. The standard InChI is InChI=1S/91H3N.5H2O/h91*1H3;5*1H2. The molecule has 283 N–H and O–H groups in total. The minimum atomic E-state index is 0. The molecule has 0 saturated carbocycles. The van der Waals surface area contributed by atoms with Gasteiger partial charge in [-0.3, -0.25) is 0 Å². The normalized spacial score (nSPS) is 0. The minimum Gasteiger partial charge on any atom is -0.412 e. The van der Waals surface area contributed by atoms with E-state index in [2.05, 4.69) is 0 Å². The predicted molar refractivity (Wildman–Crippen MR) is 475 cm³/mol. The lowest BCUT2D eigenvalue weighted by Gasteiger charge is -0.413. The van der Waals surface area contributed by atoms with E-state index in [1.165, 1.54) is 0 Å². The van der Waals surface area contributed by atoms with Gasteiger partial charge in [-0.2, -0.15) is 0 Å². The van der Waals surface area contributed by atoms with Gasteiger partial charge in [0.15, 0.2) is 0 Å². The molecule has 0 radical (unpaired) electrons. The van der Waals surface area contributed by atoms with Crippen LogP contribution in [0.15, 0.2) is 0 Å².